The second-order valence-corrected chi connectivity index (χ2v) is 7.56. The first-order chi connectivity index (χ1) is 12.8. The van der Waals surface area contributed by atoms with Gasteiger partial charge in [-0.1, -0.05) is 18.2 Å². The van der Waals surface area contributed by atoms with Crippen LogP contribution in [0.2, 0.25) is 0 Å². The fourth-order valence-electron chi connectivity index (χ4n) is 2.39. The van der Waals surface area contributed by atoms with Crippen LogP contribution in [0.1, 0.15) is 18.1 Å². The van der Waals surface area contributed by atoms with E-state index >= 15 is 0 Å². The predicted molar refractivity (Wildman–Crippen MR) is 100 cm³/mol. The van der Waals surface area contributed by atoms with E-state index in [-0.39, 0.29) is 0 Å². The second-order valence-electron chi connectivity index (χ2n) is 5.60. The van der Waals surface area contributed by atoms with Gasteiger partial charge in [-0.3, -0.25) is 4.79 Å². The highest BCUT2D eigenvalue weighted by Gasteiger charge is 2.24. The van der Waals surface area contributed by atoms with E-state index in [0.29, 0.717) is 29.2 Å². The van der Waals surface area contributed by atoms with Crippen LogP contribution < -0.4 is 15.2 Å². The van der Waals surface area contributed by atoms with E-state index in [9.17, 15) is 17.6 Å². The van der Waals surface area contributed by atoms with Crippen molar-refractivity contribution in [2.45, 2.75) is 12.7 Å². The standard InChI is InChI=1S/C19H20FNO5S/c1-3-26-16-9-6-14(10-17(16)25-2)11-18(19(21)22)27(23,24)12-13-4-7-15(20)8-5-13/h4-11H,3,12H2,1-2H3,(H2,21,22)/b18-11-. The summed E-state index contributed by atoms with van der Waals surface area (Å²) in [6.45, 7) is 2.25. The average Bonchev–Trinajstić information content (AvgIpc) is 2.62. The number of benzene rings is 2. The number of primary amides is 1. The molecule has 27 heavy (non-hydrogen) atoms. The van der Waals surface area contributed by atoms with Crippen LogP contribution in [0.5, 0.6) is 11.5 Å². The van der Waals surface area contributed by atoms with Gasteiger partial charge in [-0.05, 0) is 48.4 Å². The number of hydrogen-bond acceptors (Lipinski definition) is 5. The van der Waals surface area contributed by atoms with Crippen molar-refractivity contribution >= 4 is 21.8 Å². The highest BCUT2D eigenvalue weighted by Crippen LogP contribution is 2.29. The molecule has 0 saturated carbocycles. The van der Waals surface area contributed by atoms with Crippen LogP contribution >= 0.6 is 0 Å². The van der Waals surface area contributed by atoms with Crippen molar-refractivity contribution in [3.63, 3.8) is 0 Å². The van der Waals surface area contributed by atoms with Crippen LogP contribution in [0, 0.1) is 5.82 Å². The SMILES string of the molecule is CCOc1ccc(/C=C(/C(N)=O)S(=O)(=O)Cc2ccc(F)cc2)cc1OC. The number of amides is 1. The zero-order chi connectivity index (χ0) is 20.0. The van der Waals surface area contributed by atoms with E-state index < -0.39 is 32.2 Å². The minimum absolute atomic E-state index is 0.341. The topological polar surface area (TPSA) is 95.7 Å². The van der Waals surface area contributed by atoms with Crippen LogP contribution in [0.25, 0.3) is 6.08 Å². The van der Waals surface area contributed by atoms with E-state index in [1.165, 1.54) is 25.3 Å². The van der Waals surface area contributed by atoms with Crippen LogP contribution in [-0.4, -0.2) is 28.0 Å². The molecule has 0 aliphatic carbocycles. The number of carbonyl (C=O) groups is 1. The van der Waals surface area contributed by atoms with Crippen molar-refractivity contribution in [1.29, 1.82) is 0 Å². The molecule has 0 aliphatic rings. The molecule has 2 rings (SSSR count). The van der Waals surface area contributed by atoms with Gasteiger partial charge in [0.25, 0.3) is 5.91 Å². The Labute approximate surface area is 157 Å². The third-order valence-corrected chi connectivity index (χ3v) is 5.34. The molecule has 2 aromatic carbocycles. The number of methoxy groups -OCH3 is 1. The highest BCUT2D eigenvalue weighted by atomic mass is 32.2. The lowest BCUT2D eigenvalue weighted by molar-refractivity contribution is -0.113. The molecule has 0 saturated heterocycles. The van der Waals surface area contributed by atoms with E-state index in [2.05, 4.69) is 0 Å². The van der Waals surface area contributed by atoms with Crippen LogP contribution in [0.15, 0.2) is 47.4 Å². The zero-order valence-corrected chi connectivity index (χ0v) is 15.8. The predicted octanol–water partition coefficient (Wildman–Crippen LogP) is 2.67. The van der Waals surface area contributed by atoms with Crippen LogP contribution in [-0.2, 0) is 20.4 Å². The van der Waals surface area contributed by atoms with Gasteiger partial charge in [-0.2, -0.15) is 0 Å². The molecule has 0 bridgehead atoms. The Bertz CT molecular complexity index is 953. The van der Waals surface area contributed by atoms with Gasteiger partial charge < -0.3 is 15.2 Å². The van der Waals surface area contributed by atoms with Gasteiger partial charge in [0, 0.05) is 0 Å². The summed E-state index contributed by atoms with van der Waals surface area (Å²) >= 11 is 0. The third kappa shape index (κ3) is 5.30. The normalized spacial score (nSPS) is 11.9. The number of carbonyl (C=O) groups excluding carboxylic acids is 1. The number of sulfone groups is 1. The molecule has 0 spiro atoms. The zero-order valence-electron chi connectivity index (χ0n) is 14.9. The van der Waals surface area contributed by atoms with Crippen molar-refractivity contribution in [2.24, 2.45) is 5.73 Å². The molecule has 2 aromatic rings. The molecule has 6 nitrogen and oxygen atoms in total. The van der Waals surface area contributed by atoms with Crippen LogP contribution in [0.3, 0.4) is 0 Å². The molecular weight excluding hydrogens is 373 g/mol. The quantitative estimate of drug-likeness (QED) is 0.696. The van der Waals surface area contributed by atoms with Gasteiger partial charge in [0.05, 0.1) is 19.5 Å². The lowest BCUT2D eigenvalue weighted by Gasteiger charge is -2.11. The summed E-state index contributed by atoms with van der Waals surface area (Å²) < 4.78 is 48.9. The molecule has 0 unspecified atom stereocenters. The summed E-state index contributed by atoms with van der Waals surface area (Å²) in [4.78, 5) is 11.2. The Balaban J connectivity index is 2.41. The number of hydrogen-bond donors (Lipinski definition) is 1. The van der Waals surface area contributed by atoms with E-state index in [1.54, 1.807) is 18.2 Å². The summed E-state index contributed by atoms with van der Waals surface area (Å²) in [7, 11) is -2.58. The molecule has 0 radical (unpaired) electrons. The monoisotopic (exact) mass is 393 g/mol. The Hall–Kier alpha value is -2.87. The Morgan fingerprint density at radius 1 is 1.15 bits per heavy atom. The molecule has 2 N–H and O–H groups in total. The summed E-state index contributed by atoms with van der Waals surface area (Å²) in [5.74, 6) is -1.15. The van der Waals surface area contributed by atoms with Crippen LogP contribution in [0.4, 0.5) is 4.39 Å². The molecule has 0 heterocycles. The maximum atomic E-state index is 13.0. The molecule has 1 amide bonds. The van der Waals surface area contributed by atoms with Crippen molar-refractivity contribution in [2.75, 3.05) is 13.7 Å². The van der Waals surface area contributed by atoms with E-state index in [0.717, 1.165) is 12.1 Å². The van der Waals surface area contributed by atoms with E-state index in [1.807, 2.05) is 6.92 Å². The number of halogens is 1. The molecular formula is C19H20FNO5S. The molecule has 0 aromatic heterocycles. The van der Waals surface area contributed by atoms with Gasteiger partial charge in [0.15, 0.2) is 21.3 Å². The summed E-state index contributed by atoms with van der Waals surface area (Å²) in [5.41, 5.74) is 6.04. The Kier molecular flexibility index (Phi) is 6.57. The smallest absolute Gasteiger partial charge is 0.260 e. The number of ether oxygens (including phenoxy) is 2. The van der Waals surface area contributed by atoms with E-state index in [4.69, 9.17) is 15.2 Å². The lowest BCUT2D eigenvalue weighted by atomic mass is 10.2. The highest BCUT2D eigenvalue weighted by molar-refractivity contribution is 7.95. The third-order valence-electron chi connectivity index (χ3n) is 3.63. The number of rotatable bonds is 8. The molecule has 0 aliphatic heterocycles. The average molecular weight is 393 g/mol. The molecule has 144 valence electrons. The number of nitrogens with two attached hydrogens (primary N) is 1. The molecule has 8 heteroatoms. The maximum absolute atomic E-state index is 13.0. The largest absolute Gasteiger partial charge is 0.493 e. The van der Waals surface area contributed by atoms with Gasteiger partial charge in [0.1, 0.15) is 10.7 Å². The van der Waals surface area contributed by atoms with Crippen molar-refractivity contribution in [3.05, 3.63) is 64.3 Å². The first kappa shape index (κ1) is 20.4. The minimum Gasteiger partial charge on any atom is -0.493 e. The van der Waals surface area contributed by atoms with Crippen molar-refractivity contribution in [3.8, 4) is 11.5 Å². The maximum Gasteiger partial charge on any atom is 0.260 e. The minimum atomic E-state index is -4.03. The Morgan fingerprint density at radius 3 is 2.37 bits per heavy atom. The van der Waals surface area contributed by atoms with Gasteiger partial charge >= 0.3 is 0 Å². The van der Waals surface area contributed by atoms with Crippen molar-refractivity contribution in [1.82, 2.24) is 0 Å². The molecule has 0 atom stereocenters. The van der Waals surface area contributed by atoms with Gasteiger partial charge in [-0.25, -0.2) is 12.8 Å². The van der Waals surface area contributed by atoms with Gasteiger partial charge in [-0.15, -0.1) is 0 Å². The first-order valence-electron chi connectivity index (χ1n) is 8.06. The second kappa shape index (κ2) is 8.68. The summed E-state index contributed by atoms with van der Waals surface area (Å²) in [6, 6.07) is 9.72. The Morgan fingerprint density at radius 2 is 1.81 bits per heavy atom. The fourth-order valence-corrected chi connectivity index (χ4v) is 3.80. The lowest BCUT2D eigenvalue weighted by Crippen LogP contribution is -2.22. The fraction of sp³-hybridized carbons (Fsp3) is 0.211. The first-order valence-corrected chi connectivity index (χ1v) is 9.71. The van der Waals surface area contributed by atoms with Gasteiger partial charge in [0.2, 0.25) is 0 Å². The van der Waals surface area contributed by atoms with Crippen molar-refractivity contribution < 1.29 is 27.1 Å². The summed E-state index contributed by atoms with van der Waals surface area (Å²) in [6.07, 6.45) is 1.18. The summed E-state index contributed by atoms with van der Waals surface area (Å²) in [5, 5.41) is 0. The molecule has 0 fully saturated rings.